The Bertz CT molecular complexity index is 1100. The van der Waals surface area contributed by atoms with Crippen molar-refractivity contribution in [3.63, 3.8) is 0 Å². The summed E-state index contributed by atoms with van der Waals surface area (Å²) in [5.74, 6) is 2.04. The van der Waals surface area contributed by atoms with Gasteiger partial charge >= 0.3 is 0 Å². The Morgan fingerprint density at radius 1 is 1.04 bits per heavy atom. The third-order valence-electron chi connectivity index (χ3n) is 5.98. The van der Waals surface area contributed by atoms with Crippen LogP contribution in [0.4, 0.5) is 0 Å². The molecule has 2 aromatic carbocycles. The summed E-state index contributed by atoms with van der Waals surface area (Å²) >= 11 is 0. The summed E-state index contributed by atoms with van der Waals surface area (Å²) in [4.78, 5) is 5.04. The SMILES string of the molecule is Cc1noc(C)c1-c1ccc2nc(Cc3ccccc3)n(C3CCCC3)c2c1. The zero-order valence-corrected chi connectivity index (χ0v) is 16.5. The van der Waals surface area contributed by atoms with E-state index in [1.807, 2.05) is 13.8 Å². The molecular formula is C24H25N3O. The lowest BCUT2D eigenvalue weighted by molar-refractivity contribution is 0.393. The minimum Gasteiger partial charge on any atom is -0.361 e. The molecule has 2 heterocycles. The largest absolute Gasteiger partial charge is 0.361 e. The molecule has 0 unspecified atom stereocenters. The molecule has 0 amide bonds. The van der Waals surface area contributed by atoms with Crippen LogP contribution in [0.25, 0.3) is 22.2 Å². The Morgan fingerprint density at radius 3 is 2.54 bits per heavy atom. The topological polar surface area (TPSA) is 43.9 Å². The van der Waals surface area contributed by atoms with Gasteiger partial charge in [0.1, 0.15) is 11.6 Å². The average molecular weight is 371 g/mol. The Hall–Kier alpha value is -2.88. The quantitative estimate of drug-likeness (QED) is 0.441. The lowest BCUT2D eigenvalue weighted by Gasteiger charge is -2.17. The number of benzene rings is 2. The first kappa shape index (κ1) is 17.2. The van der Waals surface area contributed by atoms with Gasteiger partial charge in [-0.25, -0.2) is 4.98 Å². The van der Waals surface area contributed by atoms with Gasteiger partial charge in [0.2, 0.25) is 0 Å². The molecule has 1 aliphatic rings. The standard InChI is InChI=1S/C24H25N3O/c1-16-24(17(2)28-26-16)19-12-13-21-22(15-19)27(20-10-6-7-11-20)23(25-21)14-18-8-4-3-5-9-18/h3-5,8-9,12-13,15,20H,6-7,10-11,14H2,1-2H3. The molecule has 4 aromatic rings. The molecule has 1 fully saturated rings. The maximum absolute atomic E-state index is 5.40. The molecule has 0 radical (unpaired) electrons. The third kappa shape index (κ3) is 2.93. The van der Waals surface area contributed by atoms with E-state index in [4.69, 9.17) is 9.51 Å². The highest BCUT2D eigenvalue weighted by atomic mass is 16.5. The second-order valence-corrected chi connectivity index (χ2v) is 7.90. The minimum atomic E-state index is 0.545. The summed E-state index contributed by atoms with van der Waals surface area (Å²) in [6.45, 7) is 3.99. The molecule has 28 heavy (non-hydrogen) atoms. The summed E-state index contributed by atoms with van der Waals surface area (Å²) in [5, 5.41) is 4.14. The zero-order chi connectivity index (χ0) is 19.1. The Labute approximate surface area is 165 Å². The molecule has 142 valence electrons. The first-order valence-corrected chi connectivity index (χ1v) is 10.2. The molecule has 0 bridgehead atoms. The molecular weight excluding hydrogens is 346 g/mol. The molecule has 0 N–H and O–H groups in total. The van der Waals surface area contributed by atoms with Crippen LogP contribution in [0.2, 0.25) is 0 Å². The summed E-state index contributed by atoms with van der Waals surface area (Å²) in [6.07, 6.45) is 5.95. The van der Waals surface area contributed by atoms with E-state index in [1.54, 1.807) is 0 Å². The van der Waals surface area contributed by atoms with Crippen LogP contribution < -0.4 is 0 Å². The van der Waals surface area contributed by atoms with Crippen LogP contribution >= 0.6 is 0 Å². The molecule has 1 aliphatic carbocycles. The molecule has 4 nitrogen and oxygen atoms in total. The number of nitrogens with zero attached hydrogens (tertiary/aromatic N) is 3. The molecule has 1 saturated carbocycles. The fourth-order valence-corrected chi connectivity index (χ4v) is 4.67. The summed E-state index contributed by atoms with van der Waals surface area (Å²) in [7, 11) is 0. The van der Waals surface area contributed by atoms with E-state index >= 15 is 0 Å². The van der Waals surface area contributed by atoms with E-state index in [-0.39, 0.29) is 0 Å². The predicted molar refractivity (Wildman–Crippen MR) is 111 cm³/mol. The first-order chi connectivity index (χ1) is 13.7. The fourth-order valence-electron chi connectivity index (χ4n) is 4.67. The lowest BCUT2D eigenvalue weighted by atomic mass is 10.0. The number of hydrogen-bond acceptors (Lipinski definition) is 3. The third-order valence-corrected chi connectivity index (χ3v) is 5.98. The number of hydrogen-bond donors (Lipinski definition) is 0. The highest BCUT2D eigenvalue weighted by Gasteiger charge is 2.23. The molecule has 0 spiro atoms. The second-order valence-electron chi connectivity index (χ2n) is 7.90. The van der Waals surface area contributed by atoms with E-state index in [9.17, 15) is 0 Å². The van der Waals surface area contributed by atoms with E-state index in [0.29, 0.717) is 6.04 Å². The van der Waals surface area contributed by atoms with Gasteiger partial charge in [0.15, 0.2) is 0 Å². The predicted octanol–water partition coefficient (Wildman–Crippen LogP) is 6.01. The smallest absolute Gasteiger partial charge is 0.141 e. The normalized spacial score (nSPS) is 14.9. The van der Waals surface area contributed by atoms with Crippen molar-refractivity contribution in [2.75, 3.05) is 0 Å². The van der Waals surface area contributed by atoms with Crippen molar-refractivity contribution in [1.29, 1.82) is 0 Å². The summed E-state index contributed by atoms with van der Waals surface area (Å²) in [5.41, 5.74) is 6.82. The average Bonchev–Trinajstić information content (AvgIpc) is 3.41. The molecule has 2 aromatic heterocycles. The van der Waals surface area contributed by atoms with Crippen molar-refractivity contribution >= 4 is 11.0 Å². The molecule has 4 heteroatoms. The van der Waals surface area contributed by atoms with Gasteiger partial charge in [-0.05, 0) is 49.9 Å². The van der Waals surface area contributed by atoms with Gasteiger partial charge in [-0.2, -0.15) is 0 Å². The summed E-state index contributed by atoms with van der Waals surface area (Å²) < 4.78 is 7.91. The Balaban J connectivity index is 1.66. The molecule has 5 rings (SSSR count). The number of aromatic nitrogens is 3. The van der Waals surface area contributed by atoms with E-state index in [0.717, 1.165) is 34.5 Å². The highest BCUT2D eigenvalue weighted by molar-refractivity contribution is 5.84. The van der Waals surface area contributed by atoms with Gasteiger partial charge < -0.3 is 9.09 Å². The van der Waals surface area contributed by atoms with Gasteiger partial charge in [0, 0.05) is 18.0 Å². The van der Waals surface area contributed by atoms with Crippen molar-refractivity contribution in [3.05, 3.63) is 71.4 Å². The Kier molecular flexibility index (Phi) is 4.27. The maximum atomic E-state index is 5.40. The number of fused-ring (bicyclic) bond motifs is 1. The van der Waals surface area contributed by atoms with Gasteiger partial charge in [0.05, 0.1) is 16.7 Å². The van der Waals surface area contributed by atoms with Gasteiger partial charge in [0.25, 0.3) is 0 Å². The van der Waals surface area contributed by atoms with Gasteiger partial charge in [-0.15, -0.1) is 0 Å². The maximum Gasteiger partial charge on any atom is 0.141 e. The number of rotatable bonds is 4. The van der Waals surface area contributed by atoms with Crippen LogP contribution in [0.3, 0.4) is 0 Å². The number of aryl methyl sites for hydroxylation is 2. The fraction of sp³-hybridized carbons (Fsp3) is 0.333. The Morgan fingerprint density at radius 2 is 1.82 bits per heavy atom. The van der Waals surface area contributed by atoms with Crippen LogP contribution in [-0.2, 0) is 6.42 Å². The van der Waals surface area contributed by atoms with Crippen molar-refractivity contribution in [2.24, 2.45) is 0 Å². The first-order valence-electron chi connectivity index (χ1n) is 10.2. The molecule has 0 aliphatic heterocycles. The van der Waals surface area contributed by atoms with Crippen molar-refractivity contribution < 1.29 is 4.52 Å². The van der Waals surface area contributed by atoms with Crippen LogP contribution in [-0.4, -0.2) is 14.7 Å². The van der Waals surface area contributed by atoms with E-state index in [2.05, 4.69) is 58.3 Å². The lowest BCUT2D eigenvalue weighted by Crippen LogP contribution is -2.09. The van der Waals surface area contributed by atoms with Crippen molar-refractivity contribution in [3.8, 4) is 11.1 Å². The van der Waals surface area contributed by atoms with E-state index in [1.165, 1.54) is 42.6 Å². The molecule has 0 atom stereocenters. The number of imidazole rings is 1. The van der Waals surface area contributed by atoms with Gasteiger partial charge in [-0.3, -0.25) is 0 Å². The zero-order valence-electron chi connectivity index (χ0n) is 16.5. The van der Waals surface area contributed by atoms with Crippen LogP contribution in [0.5, 0.6) is 0 Å². The van der Waals surface area contributed by atoms with Gasteiger partial charge in [-0.1, -0.05) is 54.4 Å². The van der Waals surface area contributed by atoms with Crippen LogP contribution in [0, 0.1) is 13.8 Å². The van der Waals surface area contributed by atoms with Crippen molar-refractivity contribution in [2.45, 2.75) is 52.0 Å². The van der Waals surface area contributed by atoms with Crippen LogP contribution in [0.15, 0.2) is 53.1 Å². The second kappa shape index (κ2) is 6.93. The highest BCUT2D eigenvalue weighted by Crippen LogP contribution is 2.36. The minimum absolute atomic E-state index is 0.545. The van der Waals surface area contributed by atoms with Crippen molar-refractivity contribution in [1.82, 2.24) is 14.7 Å². The van der Waals surface area contributed by atoms with Crippen LogP contribution in [0.1, 0.15) is 54.6 Å². The molecule has 0 saturated heterocycles. The monoisotopic (exact) mass is 371 g/mol. The summed E-state index contributed by atoms with van der Waals surface area (Å²) in [6, 6.07) is 17.8. The van der Waals surface area contributed by atoms with E-state index < -0.39 is 0 Å².